The van der Waals surface area contributed by atoms with E-state index in [4.69, 9.17) is 0 Å². The van der Waals surface area contributed by atoms with Gasteiger partial charge >= 0.3 is 0 Å². The first-order valence-electron chi connectivity index (χ1n) is 9.02. The first-order chi connectivity index (χ1) is 13.1. The first kappa shape index (κ1) is 17.4. The summed E-state index contributed by atoms with van der Waals surface area (Å²) in [7, 11) is 0. The Bertz CT molecular complexity index is 1010. The molecule has 2 atom stereocenters. The van der Waals surface area contributed by atoms with E-state index in [1.807, 2.05) is 18.2 Å². The molecule has 0 spiro atoms. The summed E-state index contributed by atoms with van der Waals surface area (Å²) in [5.41, 5.74) is 8.73. The summed E-state index contributed by atoms with van der Waals surface area (Å²) < 4.78 is 0. The van der Waals surface area contributed by atoms with Crippen molar-refractivity contribution in [2.45, 2.75) is 25.4 Å². The number of ketones is 1. The molecule has 1 amide bonds. The molecule has 0 aromatic heterocycles. The molecule has 27 heavy (non-hydrogen) atoms. The number of rotatable bonds is 4. The Kier molecular flexibility index (Phi) is 4.71. The van der Waals surface area contributed by atoms with Gasteiger partial charge in [-0.05, 0) is 41.8 Å². The third-order valence-electron chi connectivity index (χ3n) is 4.96. The number of amides is 1. The van der Waals surface area contributed by atoms with Crippen molar-refractivity contribution in [3.63, 3.8) is 0 Å². The number of hydrogen-bond acceptors (Lipinski definition) is 4. The third-order valence-corrected chi connectivity index (χ3v) is 4.96. The number of carbonyl (C=O) groups excluding carboxylic acids is 2. The molecule has 0 aliphatic carbocycles. The van der Waals surface area contributed by atoms with Crippen molar-refractivity contribution >= 4 is 28.2 Å². The van der Waals surface area contributed by atoms with Crippen molar-refractivity contribution in [3.8, 4) is 0 Å². The molecular weight excluding hydrogens is 338 g/mol. The molecule has 3 aromatic carbocycles. The molecule has 1 aliphatic rings. The van der Waals surface area contributed by atoms with Crippen LogP contribution in [-0.2, 0) is 4.79 Å². The van der Waals surface area contributed by atoms with E-state index in [0.29, 0.717) is 17.7 Å². The standard InChI is InChI=1S/C22H21N3O2/c1-14(26)16-8-4-9-17(12-16)23-22(27)21-13-20(24-25-21)19-11-5-7-15-6-2-3-10-18(15)19/h2-12,20-21,24-25H,13H2,1H3,(H,23,27). The van der Waals surface area contributed by atoms with Crippen LogP contribution in [0.25, 0.3) is 10.8 Å². The Balaban J connectivity index is 1.48. The van der Waals surface area contributed by atoms with Crippen LogP contribution in [0.2, 0.25) is 0 Å². The average molecular weight is 359 g/mol. The summed E-state index contributed by atoms with van der Waals surface area (Å²) in [5.74, 6) is -0.145. The SMILES string of the molecule is CC(=O)c1cccc(NC(=O)C2CC(c3cccc4ccccc34)NN2)c1. The molecule has 3 N–H and O–H groups in total. The van der Waals surface area contributed by atoms with E-state index in [9.17, 15) is 9.59 Å². The van der Waals surface area contributed by atoms with E-state index >= 15 is 0 Å². The van der Waals surface area contributed by atoms with Crippen LogP contribution < -0.4 is 16.2 Å². The molecule has 2 unspecified atom stereocenters. The van der Waals surface area contributed by atoms with Gasteiger partial charge in [0.1, 0.15) is 6.04 Å². The van der Waals surface area contributed by atoms with Gasteiger partial charge in [-0.3, -0.25) is 9.59 Å². The molecule has 3 aromatic rings. The molecule has 4 rings (SSSR count). The molecular formula is C22H21N3O2. The zero-order valence-electron chi connectivity index (χ0n) is 15.0. The molecule has 5 heteroatoms. The van der Waals surface area contributed by atoms with Crippen molar-refractivity contribution in [1.82, 2.24) is 10.9 Å². The summed E-state index contributed by atoms with van der Waals surface area (Å²) in [5, 5.41) is 5.27. The molecule has 1 fully saturated rings. The number of nitrogens with one attached hydrogen (secondary N) is 3. The van der Waals surface area contributed by atoms with Crippen molar-refractivity contribution < 1.29 is 9.59 Å². The lowest BCUT2D eigenvalue weighted by molar-refractivity contribution is -0.117. The molecule has 1 heterocycles. The lowest BCUT2D eigenvalue weighted by Crippen LogP contribution is -2.39. The second kappa shape index (κ2) is 7.31. The van der Waals surface area contributed by atoms with Crippen molar-refractivity contribution in [1.29, 1.82) is 0 Å². The highest BCUT2D eigenvalue weighted by Gasteiger charge is 2.30. The van der Waals surface area contributed by atoms with Gasteiger partial charge in [-0.1, -0.05) is 54.6 Å². The van der Waals surface area contributed by atoms with Crippen LogP contribution >= 0.6 is 0 Å². The maximum absolute atomic E-state index is 12.6. The largest absolute Gasteiger partial charge is 0.325 e. The van der Waals surface area contributed by atoms with Gasteiger partial charge in [0.15, 0.2) is 5.78 Å². The smallest absolute Gasteiger partial charge is 0.242 e. The van der Waals surface area contributed by atoms with Crippen LogP contribution in [0.4, 0.5) is 5.69 Å². The minimum Gasteiger partial charge on any atom is -0.325 e. The summed E-state index contributed by atoms with van der Waals surface area (Å²) in [6.45, 7) is 1.51. The topological polar surface area (TPSA) is 70.2 Å². The second-order valence-electron chi connectivity index (χ2n) is 6.82. The van der Waals surface area contributed by atoms with E-state index in [1.54, 1.807) is 24.3 Å². The highest BCUT2D eigenvalue weighted by Crippen LogP contribution is 2.29. The summed E-state index contributed by atoms with van der Waals surface area (Å²) >= 11 is 0. The summed E-state index contributed by atoms with van der Waals surface area (Å²) in [6.07, 6.45) is 0.645. The number of fused-ring (bicyclic) bond motifs is 1. The normalized spacial score (nSPS) is 19.1. The Morgan fingerprint density at radius 3 is 2.59 bits per heavy atom. The maximum Gasteiger partial charge on any atom is 0.242 e. The Labute approximate surface area is 157 Å². The van der Waals surface area contributed by atoms with Crippen LogP contribution in [0.5, 0.6) is 0 Å². The average Bonchev–Trinajstić information content (AvgIpc) is 3.18. The fourth-order valence-corrected chi connectivity index (χ4v) is 3.53. The zero-order valence-corrected chi connectivity index (χ0v) is 15.0. The Morgan fingerprint density at radius 1 is 0.963 bits per heavy atom. The number of anilines is 1. The number of hydrazine groups is 1. The Hall–Kier alpha value is -3.02. The monoisotopic (exact) mass is 359 g/mol. The predicted octanol–water partition coefficient (Wildman–Crippen LogP) is 3.59. The Morgan fingerprint density at radius 2 is 1.74 bits per heavy atom. The molecule has 136 valence electrons. The summed E-state index contributed by atoms with van der Waals surface area (Å²) in [6, 6.07) is 21.2. The highest BCUT2D eigenvalue weighted by molar-refractivity contribution is 5.98. The maximum atomic E-state index is 12.6. The molecule has 0 bridgehead atoms. The molecule has 0 radical (unpaired) electrons. The van der Waals surface area contributed by atoms with Crippen LogP contribution in [0.3, 0.4) is 0 Å². The van der Waals surface area contributed by atoms with Gasteiger partial charge in [0, 0.05) is 17.3 Å². The van der Waals surface area contributed by atoms with Crippen LogP contribution in [0, 0.1) is 0 Å². The second-order valence-corrected chi connectivity index (χ2v) is 6.82. The quantitative estimate of drug-likeness (QED) is 0.623. The number of hydrogen-bond donors (Lipinski definition) is 3. The van der Waals surface area contributed by atoms with Crippen LogP contribution in [0.15, 0.2) is 66.7 Å². The number of Topliss-reactive ketones (excluding diaryl/α,β-unsaturated/α-hetero) is 1. The molecule has 1 aliphatic heterocycles. The third kappa shape index (κ3) is 3.60. The van der Waals surface area contributed by atoms with E-state index in [2.05, 4.69) is 40.4 Å². The van der Waals surface area contributed by atoms with Crippen molar-refractivity contribution in [2.24, 2.45) is 0 Å². The zero-order chi connectivity index (χ0) is 18.8. The fourth-order valence-electron chi connectivity index (χ4n) is 3.53. The predicted molar refractivity (Wildman–Crippen MR) is 106 cm³/mol. The minimum atomic E-state index is -0.352. The lowest BCUT2D eigenvalue weighted by Gasteiger charge is -2.13. The fraction of sp³-hybridized carbons (Fsp3) is 0.182. The van der Waals surface area contributed by atoms with E-state index in [0.717, 1.165) is 0 Å². The first-order valence-corrected chi connectivity index (χ1v) is 9.02. The van der Waals surface area contributed by atoms with Gasteiger partial charge in [0.05, 0.1) is 0 Å². The molecule has 1 saturated heterocycles. The van der Waals surface area contributed by atoms with E-state index in [1.165, 1.54) is 23.3 Å². The van der Waals surface area contributed by atoms with Gasteiger partial charge in [0.2, 0.25) is 5.91 Å². The molecule has 5 nitrogen and oxygen atoms in total. The van der Waals surface area contributed by atoms with E-state index < -0.39 is 0 Å². The highest BCUT2D eigenvalue weighted by atomic mass is 16.2. The van der Waals surface area contributed by atoms with Gasteiger partial charge in [-0.25, -0.2) is 10.9 Å². The number of carbonyl (C=O) groups is 2. The number of benzene rings is 3. The van der Waals surface area contributed by atoms with Gasteiger partial charge in [0.25, 0.3) is 0 Å². The van der Waals surface area contributed by atoms with E-state index in [-0.39, 0.29) is 23.8 Å². The van der Waals surface area contributed by atoms with Gasteiger partial charge in [-0.15, -0.1) is 0 Å². The van der Waals surface area contributed by atoms with Crippen molar-refractivity contribution in [3.05, 3.63) is 77.9 Å². The summed E-state index contributed by atoms with van der Waals surface area (Å²) in [4.78, 5) is 24.1. The van der Waals surface area contributed by atoms with Crippen LogP contribution in [-0.4, -0.2) is 17.7 Å². The molecule has 0 saturated carbocycles. The van der Waals surface area contributed by atoms with Gasteiger partial charge in [-0.2, -0.15) is 0 Å². The van der Waals surface area contributed by atoms with Crippen LogP contribution in [0.1, 0.15) is 35.3 Å². The van der Waals surface area contributed by atoms with Gasteiger partial charge < -0.3 is 5.32 Å². The van der Waals surface area contributed by atoms with Crippen molar-refractivity contribution in [2.75, 3.05) is 5.32 Å². The minimum absolute atomic E-state index is 0.0252. The lowest BCUT2D eigenvalue weighted by atomic mass is 9.96.